The normalized spacial score (nSPS) is 14.5. The molecule has 5 rings (SSSR count). The van der Waals surface area contributed by atoms with Gasteiger partial charge in [0.15, 0.2) is 11.0 Å². The Morgan fingerprint density at radius 1 is 1.17 bits per heavy atom. The van der Waals surface area contributed by atoms with Crippen molar-refractivity contribution in [3.63, 3.8) is 0 Å². The maximum atomic E-state index is 4.66. The summed E-state index contributed by atoms with van der Waals surface area (Å²) < 4.78 is 4.37. The van der Waals surface area contributed by atoms with E-state index in [1.165, 1.54) is 17.7 Å². The molecule has 0 unspecified atom stereocenters. The first-order valence-electron chi connectivity index (χ1n) is 7.93. The lowest BCUT2D eigenvalue weighted by Crippen LogP contribution is -1.99. The number of fused-ring (bicyclic) bond motifs is 1. The van der Waals surface area contributed by atoms with Crippen molar-refractivity contribution in [3.8, 4) is 10.7 Å². The average molecular weight is 353 g/mol. The molecule has 0 aromatic carbocycles. The monoisotopic (exact) mass is 353 g/mol. The molecule has 1 aliphatic carbocycles. The molecule has 120 valence electrons. The Bertz CT molecular complexity index is 949. The summed E-state index contributed by atoms with van der Waals surface area (Å²) in [5.41, 5.74) is 2.05. The minimum atomic E-state index is 0.556. The van der Waals surface area contributed by atoms with Crippen LogP contribution in [0.5, 0.6) is 0 Å². The van der Waals surface area contributed by atoms with E-state index in [9.17, 15) is 0 Å². The predicted molar refractivity (Wildman–Crippen MR) is 96.4 cm³/mol. The third-order valence-electron chi connectivity index (χ3n) is 4.08. The Morgan fingerprint density at radius 2 is 2.12 bits per heavy atom. The van der Waals surface area contributed by atoms with Gasteiger partial charge in [-0.1, -0.05) is 23.9 Å². The van der Waals surface area contributed by atoms with Gasteiger partial charge in [0.25, 0.3) is 0 Å². The van der Waals surface area contributed by atoms with Gasteiger partial charge in [-0.25, -0.2) is 4.98 Å². The van der Waals surface area contributed by atoms with Gasteiger partial charge in [-0.2, -0.15) is 0 Å². The maximum Gasteiger partial charge on any atom is 0.192 e. The van der Waals surface area contributed by atoms with E-state index in [1.807, 2.05) is 24.4 Å². The van der Waals surface area contributed by atoms with Crippen LogP contribution in [0, 0.1) is 0 Å². The number of thiophene rings is 1. The number of aromatic nitrogens is 5. The zero-order chi connectivity index (χ0) is 15.9. The minimum Gasteiger partial charge on any atom is -0.307 e. The van der Waals surface area contributed by atoms with E-state index in [4.69, 9.17) is 0 Å². The molecule has 0 saturated heterocycles. The van der Waals surface area contributed by atoms with Crippen LogP contribution in [-0.2, 0) is 5.75 Å². The van der Waals surface area contributed by atoms with Gasteiger partial charge in [0.05, 0.1) is 10.6 Å². The van der Waals surface area contributed by atoms with Gasteiger partial charge < -0.3 is 4.40 Å². The topological polar surface area (TPSA) is 48.0 Å². The first-order valence-corrected chi connectivity index (χ1v) is 9.79. The molecular weight excluding hydrogens is 338 g/mol. The number of nitrogens with zero attached hydrogens (tertiary/aromatic N) is 5. The lowest BCUT2D eigenvalue weighted by molar-refractivity contribution is 0.670. The Balaban J connectivity index is 1.43. The summed E-state index contributed by atoms with van der Waals surface area (Å²) in [6.45, 7) is 0. The number of hydrogen-bond acceptors (Lipinski definition) is 5. The Kier molecular flexibility index (Phi) is 3.41. The van der Waals surface area contributed by atoms with Crippen molar-refractivity contribution in [1.82, 2.24) is 24.1 Å². The van der Waals surface area contributed by atoms with E-state index in [0.717, 1.165) is 28.1 Å². The van der Waals surface area contributed by atoms with Crippen LogP contribution < -0.4 is 0 Å². The van der Waals surface area contributed by atoms with Gasteiger partial charge in [0, 0.05) is 24.2 Å². The van der Waals surface area contributed by atoms with E-state index in [1.54, 1.807) is 23.1 Å². The summed E-state index contributed by atoms with van der Waals surface area (Å²) >= 11 is 3.44. The van der Waals surface area contributed by atoms with Crippen LogP contribution in [-0.4, -0.2) is 24.1 Å². The fraction of sp³-hybridized carbons (Fsp3) is 0.235. The molecule has 1 saturated carbocycles. The SMILES string of the molecule is c1csc(-c2nnc(SCc3cn4ccccc4n3)n2C2CC2)c1. The van der Waals surface area contributed by atoms with E-state index in [-0.39, 0.29) is 0 Å². The first-order chi connectivity index (χ1) is 11.9. The number of pyridine rings is 1. The third kappa shape index (κ3) is 2.53. The Morgan fingerprint density at radius 3 is 2.92 bits per heavy atom. The fourth-order valence-electron chi connectivity index (χ4n) is 2.81. The molecule has 0 radical (unpaired) electrons. The number of rotatable bonds is 5. The summed E-state index contributed by atoms with van der Waals surface area (Å²) in [6, 6.07) is 10.8. The summed E-state index contributed by atoms with van der Waals surface area (Å²) in [5, 5.41) is 12.0. The second-order valence-electron chi connectivity index (χ2n) is 5.87. The minimum absolute atomic E-state index is 0.556. The summed E-state index contributed by atoms with van der Waals surface area (Å²) in [4.78, 5) is 5.85. The smallest absolute Gasteiger partial charge is 0.192 e. The molecular formula is C17H15N5S2. The lowest BCUT2D eigenvalue weighted by Gasteiger charge is -2.06. The molecule has 24 heavy (non-hydrogen) atoms. The molecule has 7 heteroatoms. The van der Waals surface area contributed by atoms with E-state index >= 15 is 0 Å². The van der Waals surface area contributed by atoms with Crippen molar-refractivity contribution in [1.29, 1.82) is 0 Å². The van der Waals surface area contributed by atoms with Crippen LogP contribution in [0.4, 0.5) is 0 Å². The van der Waals surface area contributed by atoms with Crippen LogP contribution in [0.15, 0.2) is 53.3 Å². The van der Waals surface area contributed by atoms with E-state index in [0.29, 0.717) is 6.04 Å². The predicted octanol–water partition coefficient (Wildman–Crippen LogP) is 4.28. The molecule has 0 bridgehead atoms. The number of thioether (sulfide) groups is 1. The highest BCUT2D eigenvalue weighted by atomic mass is 32.2. The molecule has 0 atom stereocenters. The molecule has 4 heterocycles. The quantitative estimate of drug-likeness (QED) is 0.502. The zero-order valence-electron chi connectivity index (χ0n) is 12.9. The molecule has 5 nitrogen and oxygen atoms in total. The molecule has 1 aliphatic rings. The van der Waals surface area contributed by atoms with Gasteiger partial charge in [0.2, 0.25) is 0 Å². The van der Waals surface area contributed by atoms with Gasteiger partial charge in [-0.3, -0.25) is 4.57 Å². The van der Waals surface area contributed by atoms with Crippen LogP contribution in [0.2, 0.25) is 0 Å². The molecule has 0 amide bonds. The van der Waals surface area contributed by atoms with Crippen LogP contribution in [0.3, 0.4) is 0 Å². The van der Waals surface area contributed by atoms with Crippen LogP contribution >= 0.6 is 23.1 Å². The maximum absolute atomic E-state index is 4.66. The van der Waals surface area contributed by atoms with Gasteiger partial charge in [-0.15, -0.1) is 21.5 Å². The second kappa shape index (κ2) is 5.75. The highest BCUT2D eigenvalue weighted by molar-refractivity contribution is 7.98. The molecule has 1 fully saturated rings. The van der Waals surface area contributed by atoms with Gasteiger partial charge in [-0.05, 0) is 36.4 Å². The fourth-order valence-corrected chi connectivity index (χ4v) is 4.40. The standard InChI is InChI=1S/C17H15N5S2/c1-2-8-21-10-12(18-15(21)5-1)11-24-17-20-19-16(14-4-3-9-23-14)22(17)13-6-7-13/h1-5,8-10,13H,6-7,11H2. The molecule has 0 N–H and O–H groups in total. The first kappa shape index (κ1) is 14.2. The van der Waals surface area contributed by atoms with Crippen molar-refractivity contribution >= 4 is 28.7 Å². The Hall–Kier alpha value is -2.12. The summed E-state index contributed by atoms with van der Waals surface area (Å²) in [6.07, 6.45) is 6.55. The average Bonchev–Trinajstić information content (AvgIpc) is 3.05. The zero-order valence-corrected chi connectivity index (χ0v) is 14.5. The van der Waals surface area contributed by atoms with Crippen molar-refractivity contribution in [3.05, 3.63) is 53.8 Å². The summed E-state index contributed by atoms with van der Waals surface area (Å²) in [7, 11) is 0. The number of imidazole rings is 1. The third-order valence-corrected chi connectivity index (χ3v) is 5.92. The van der Waals surface area contributed by atoms with Crippen molar-refractivity contribution < 1.29 is 0 Å². The van der Waals surface area contributed by atoms with Crippen LogP contribution in [0.25, 0.3) is 16.3 Å². The molecule has 0 aliphatic heterocycles. The lowest BCUT2D eigenvalue weighted by atomic mass is 10.4. The van der Waals surface area contributed by atoms with Crippen molar-refractivity contribution in [2.75, 3.05) is 0 Å². The number of hydrogen-bond donors (Lipinski definition) is 0. The molecule has 4 aromatic heterocycles. The molecule has 4 aromatic rings. The molecule has 0 spiro atoms. The largest absolute Gasteiger partial charge is 0.307 e. The highest BCUT2D eigenvalue weighted by Gasteiger charge is 2.30. The van der Waals surface area contributed by atoms with Crippen molar-refractivity contribution in [2.45, 2.75) is 29.8 Å². The highest BCUT2D eigenvalue weighted by Crippen LogP contribution is 2.42. The van der Waals surface area contributed by atoms with Crippen molar-refractivity contribution in [2.24, 2.45) is 0 Å². The van der Waals surface area contributed by atoms with Gasteiger partial charge in [0.1, 0.15) is 5.65 Å². The van der Waals surface area contributed by atoms with E-state index < -0.39 is 0 Å². The summed E-state index contributed by atoms with van der Waals surface area (Å²) in [5.74, 6) is 1.81. The second-order valence-corrected chi connectivity index (χ2v) is 7.76. The Labute approximate surface area is 147 Å². The van der Waals surface area contributed by atoms with E-state index in [2.05, 4.69) is 47.9 Å². The van der Waals surface area contributed by atoms with Crippen LogP contribution in [0.1, 0.15) is 24.6 Å². The van der Waals surface area contributed by atoms with Gasteiger partial charge >= 0.3 is 0 Å².